The Labute approximate surface area is 159 Å². The van der Waals surface area contributed by atoms with Crippen LogP contribution in [0.25, 0.3) is 11.1 Å². The van der Waals surface area contributed by atoms with E-state index in [-0.39, 0.29) is 5.69 Å². The minimum Gasteiger partial charge on any atom is -0.408 e. The minimum atomic E-state index is -0.511. The molecule has 8 nitrogen and oxygen atoms in total. The highest BCUT2D eigenvalue weighted by atomic mass is 35.5. The first-order chi connectivity index (χ1) is 13.0. The smallest absolute Gasteiger partial charge is 0.408 e. The van der Waals surface area contributed by atoms with Gasteiger partial charge in [0.1, 0.15) is 0 Å². The van der Waals surface area contributed by atoms with Gasteiger partial charge in [0.25, 0.3) is 5.69 Å². The van der Waals surface area contributed by atoms with Crippen LogP contribution in [0.2, 0.25) is 5.02 Å². The van der Waals surface area contributed by atoms with E-state index in [1.165, 1.54) is 22.8 Å². The lowest BCUT2D eigenvalue weighted by atomic mass is 10.2. The molecule has 1 aliphatic heterocycles. The topological polar surface area (TPSA) is 84.8 Å². The van der Waals surface area contributed by atoms with Crippen molar-refractivity contribution in [1.29, 1.82) is 0 Å². The van der Waals surface area contributed by atoms with E-state index >= 15 is 0 Å². The Balaban J connectivity index is 1.50. The highest BCUT2D eigenvalue weighted by Crippen LogP contribution is 2.22. The molecule has 2 aromatic carbocycles. The van der Waals surface area contributed by atoms with Crippen LogP contribution in [0.1, 0.15) is 0 Å². The SMILES string of the molecule is O=c1oc2ccc([N+](=O)[O-])cc2n1CN1CCN(c2cccc(Cl)c2)CC1. The molecule has 0 N–H and O–H groups in total. The van der Waals surface area contributed by atoms with Crippen molar-refractivity contribution in [2.75, 3.05) is 31.1 Å². The van der Waals surface area contributed by atoms with Crippen LogP contribution >= 0.6 is 11.6 Å². The Bertz CT molecular complexity index is 1050. The molecule has 9 heteroatoms. The van der Waals surface area contributed by atoms with Gasteiger partial charge in [-0.05, 0) is 24.3 Å². The van der Waals surface area contributed by atoms with Crippen molar-refractivity contribution >= 4 is 34.1 Å². The zero-order valence-electron chi connectivity index (χ0n) is 14.4. The molecule has 3 aromatic rings. The normalized spacial score (nSPS) is 15.4. The summed E-state index contributed by atoms with van der Waals surface area (Å²) in [6, 6.07) is 11.9. The summed E-state index contributed by atoms with van der Waals surface area (Å²) in [5.41, 5.74) is 1.79. The fourth-order valence-corrected chi connectivity index (χ4v) is 3.50. The second-order valence-corrected chi connectivity index (χ2v) is 6.87. The number of halogens is 1. The summed E-state index contributed by atoms with van der Waals surface area (Å²) in [6.45, 7) is 3.42. The van der Waals surface area contributed by atoms with Gasteiger partial charge in [-0.1, -0.05) is 17.7 Å². The fraction of sp³-hybridized carbons (Fsp3) is 0.278. The van der Waals surface area contributed by atoms with Gasteiger partial charge in [-0.3, -0.25) is 19.6 Å². The summed E-state index contributed by atoms with van der Waals surface area (Å²) in [7, 11) is 0. The maximum Gasteiger partial charge on any atom is 0.421 e. The Morgan fingerprint density at radius 1 is 1.11 bits per heavy atom. The number of benzene rings is 2. The molecule has 27 heavy (non-hydrogen) atoms. The molecule has 1 saturated heterocycles. The predicted octanol–water partition coefficient (Wildman–Crippen LogP) is 2.94. The van der Waals surface area contributed by atoms with Gasteiger partial charge in [0, 0.05) is 49.0 Å². The van der Waals surface area contributed by atoms with Crippen molar-refractivity contribution in [1.82, 2.24) is 9.47 Å². The number of nitro benzene ring substituents is 1. The summed E-state index contributed by atoms with van der Waals surface area (Å²) >= 11 is 6.06. The van der Waals surface area contributed by atoms with Crippen LogP contribution in [0.5, 0.6) is 0 Å². The number of anilines is 1. The second kappa shape index (κ2) is 7.05. The first kappa shape index (κ1) is 17.6. The van der Waals surface area contributed by atoms with Crippen LogP contribution in [0.3, 0.4) is 0 Å². The first-order valence-corrected chi connectivity index (χ1v) is 8.90. The molecule has 4 rings (SSSR count). The summed E-state index contributed by atoms with van der Waals surface area (Å²) in [6.07, 6.45) is 0. The van der Waals surface area contributed by atoms with Crippen molar-refractivity contribution in [3.8, 4) is 0 Å². The maximum atomic E-state index is 12.2. The molecule has 0 radical (unpaired) electrons. The number of rotatable bonds is 4. The second-order valence-electron chi connectivity index (χ2n) is 6.43. The van der Waals surface area contributed by atoms with Crippen LogP contribution in [0.4, 0.5) is 11.4 Å². The molecule has 140 valence electrons. The average molecular weight is 389 g/mol. The molecule has 0 spiro atoms. The number of hydrogen-bond donors (Lipinski definition) is 0. The minimum absolute atomic E-state index is 0.0668. The average Bonchev–Trinajstić information content (AvgIpc) is 2.97. The third kappa shape index (κ3) is 3.54. The highest BCUT2D eigenvalue weighted by Gasteiger charge is 2.20. The van der Waals surface area contributed by atoms with E-state index in [9.17, 15) is 14.9 Å². The molecule has 0 unspecified atom stereocenters. The molecule has 2 heterocycles. The van der Waals surface area contributed by atoms with Crippen LogP contribution in [0, 0.1) is 10.1 Å². The summed E-state index contributed by atoms with van der Waals surface area (Å²) in [4.78, 5) is 27.1. The molecule has 0 aliphatic carbocycles. The van der Waals surface area contributed by atoms with E-state index in [4.69, 9.17) is 16.0 Å². The van der Waals surface area contributed by atoms with Gasteiger partial charge in [0.2, 0.25) is 0 Å². The third-order valence-electron chi connectivity index (χ3n) is 4.75. The van der Waals surface area contributed by atoms with E-state index in [2.05, 4.69) is 9.80 Å². The third-order valence-corrected chi connectivity index (χ3v) is 4.98. The van der Waals surface area contributed by atoms with E-state index in [0.29, 0.717) is 22.8 Å². The van der Waals surface area contributed by atoms with Crippen LogP contribution in [-0.4, -0.2) is 40.6 Å². The zero-order chi connectivity index (χ0) is 19.0. The zero-order valence-corrected chi connectivity index (χ0v) is 15.1. The number of nitro groups is 1. The molecule has 0 bridgehead atoms. The predicted molar refractivity (Wildman–Crippen MR) is 102 cm³/mol. The van der Waals surface area contributed by atoms with Crippen molar-refractivity contribution in [3.63, 3.8) is 0 Å². The van der Waals surface area contributed by atoms with Crippen molar-refractivity contribution < 1.29 is 9.34 Å². The molecule has 1 aliphatic rings. The molecule has 1 aromatic heterocycles. The monoisotopic (exact) mass is 388 g/mol. The molecular formula is C18H17ClN4O4. The Kier molecular flexibility index (Phi) is 4.59. The summed E-state index contributed by atoms with van der Waals surface area (Å²) in [5.74, 6) is -0.511. The van der Waals surface area contributed by atoms with Crippen molar-refractivity contribution in [2.24, 2.45) is 0 Å². The number of non-ortho nitro benzene ring substituents is 1. The molecule has 0 atom stereocenters. The van der Waals surface area contributed by atoms with E-state index in [1.807, 2.05) is 24.3 Å². The molecular weight excluding hydrogens is 372 g/mol. The van der Waals surface area contributed by atoms with E-state index in [0.717, 1.165) is 31.9 Å². The largest absolute Gasteiger partial charge is 0.421 e. The quantitative estimate of drug-likeness (QED) is 0.504. The maximum absolute atomic E-state index is 12.2. The first-order valence-electron chi connectivity index (χ1n) is 8.52. The molecule has 0 amide bonds. The van der Waals surface area contributed by atoms with Crippen molar-refractivity contribution in [3.05, 3.63) is 68.2 Å². The number of hydrogen-bond acceptors (Lipinski definition) is 6. The summed E-state index contributed by atoms with van der Waals surface area (Å²) in [5, 5.41) is 11.7. The Morgan fingerprint density at radius 2 is 1.89 bits per heavy atom. The number of nitrogens with zero attached hydrogens (tertiary/aromatic N) is 4. The Hall–Kier alpha value is -2.84. The van der Waals surface area contributed by atoms with Gasteiger partial charge in [-0.15, -0.1) is 0 Å². The van der Waals surface area contributed by atoms with Gasteiger partial charge in [0.05, 0.1) is 17.1 Å². The number of piperazine rings is 1. The molecule has 1 fully saturated rings. The summed E-state index contributed by atoms with van der Waals surface area (Å²) < 4.78 is 6.65. The lowest BCUT2D eigenvalue weighted by Gasteiger charge is -2.36. The Morgan fingerprint density at radius 3 is 2.59 bits per heavy atom. The lowest BCUT2D eigenvalue weighted by molar-refractivity contribution is -0.384. The fourth-order valence-electron chi connectivity index (χ4n) is 3.32. The molecule has 0 saturated carbocycles. The number of aromatic nitrogens is 1. The number of fused-ring (bicyclic) bond motifs is 1. The van der Waals surface area contributed by atoms with Crippen LogP contribution in [-0.2, 0) is 6.67 Å². The van der Waals surface area contributed by atoms with E-state index < -0.39 is 10.7 Å². The highest BCUT2D eigenvalue weighted by molar-refractivity contribution is 6.30. The number of oxazole rings is 1. The van der Waals surface area contributed by atoms with Gasteiger partial charge in [0.15, 0.2) is 5.58 Å². The van der Waals surface area contributed by atoms with Crippen LogP contribution in [0.15, 0.2) is 51.7 Å². The van der Waals surface area contributed by atoms with Gasteiger partial charge in [-0.25, -0.2) is 4.79 Å². The van der Waals surface area contributed by atoms with Gasteiger partial charge in [-0.2, -0.15) is 0 Å². The lowest BCUT2D eigenvalue weighted by Crippen LogP contribution is -2.47. The van der Waals surface area contributed by atoms with Crippen molar-refractivity contribution in [2.45, 2.75) is 6.67 Å². The van der Waals surface area contributed by atoms with E-state index in [1.54, 1.807) is 0 Å². The van der Waals surface area contributed by atoms with Gasteiger partial charge >= 0.3 is 5.76 Å². The van der Waals surface area contributed by atoms with Gasteiger partial charge < -0.3 is 9.32 Å². The standard InChI is InChI=1S/C18H17ClN4O4/c19-13-2-1-3-14(10-13)21-8-6-20(7-9-21)12-22-16-11-15(23(25)26)4-5-17(16)27-18(22)24/h1-5,10-11H,6-9,12H2. The van der Waals surface area contributed by atoms with Crippen LogP contribution < -0.4 is 10.7 Å².